The Hall–Kier alpha value is -2.89. The van der Waals surface area contributed by atoms with Crippen LogP contribution in [0.4, 0.5) is 5.69 Å². The monoisotopic (exact) mass is 347 g/mol. The van der Waals surface area contributed by atoms with Gasteiger partial charge in [-0.3, -0.25) is 4.79 Å². The predicted molar refractivity (Wildman–Crippen MR) is 103 cm³/mol. The largest absolute Gasteiger partial charge is 0.504 e. The summed E-state index contributed by atoms with van der Waals surface area (Å²) >= 11 is 0. The molecular formula is C20H18BNO4. The summed E-state index contributed by atoms with van der Waals surface area (Å²) in [5.74, 6) is -0.629. The van der Waals surface area contributed by atoms with Crippen LogP contribution in [0.3, 0.4) is 0 Å². The predicted octanol–water partition coefficient (Wildman–Crippen LogP) is 2.66. The van der Waals surface area contributed by atoms with Crippen molar-refractivity contribution in [3.8, 4) is 22.8 Å². The third kappa shape index (κ3) is 2.71. The van der Waals surface area contributed by atoms with Crippen LogP contribution in [0.25, 0.3) is 22.3 Å². The molecular weight excluding hydrogens is 329 g/mol. The van der Waals surface area contributed by atoms with Crippen molar-refractivity contribution in [3.05, 3.63) is 46.6 Å². The highest BCUT2D eigenvalue weighted by Crippen LogP contribution is 2.34. The lowest BCUT2D eigenvalue weighted by Gasteiger charge is -2.28. The maximum Gasteiger partial charge on any atom is 0.201 e. The molecule has 2 aromatic carbocycles. The highest BCUT2D eigenvalue weighted by atomic mass is 16.4. The quantitative estimate of drug-likeness (QED) is 0.551. The Morgan fingerprint density at radius 3 is 2.35 bits per heavy atom. The third-order valence-electron chi connectivity index (χ3n) is 4.90. The summed E-state index contributed by atoms with van der Waals surface area (Å²) in [7, 11) is 5.99. The van der Waals surface area contributed by atoms with Crippen molar-refractivity contribution in [2.24, 2.45) is 0 Å². The zero-order valence-electron chi connectivity index (χ0n) is 14.2. The molecule has 0 unspecified atom stereocenters. The highest BCUT2D eigenvalue weighted by Gasteiger charge is 2.17. The molecule has 1 aromatic heterocycles. The third-order valence-corrected chi connectivity index (χ3v) is 4.90. The van der Waals surface area contributed by atoms with Gasteiger partial charge in [-0.25, -0.2) is 0 Å². The molecule has 6 heteroatoms. The number of fused-ring (bicyclic) bond motifs is 1. The Bertz CT molecular complexity index is 1020. The second-order valence-corrected chi connectivity index (χ2v) is 6.58. The minimum atomic E-state index is -0.467. The van der Waals surface area contributed by atoms with Gasteiger partial charge in [-0.2, -0.15) is 0 Å². The molecule has 5 nitrogen and oxygen atoms in total. The van der Waals surface area contributed by atoms with Crippen molar-refractivity contribution in [1.82, 2.24) is 0 Å². The van der Waals surface area contributed by atoms with Crippen LogP contribution >= 0.6 is 0 Å². The van der Waals surface area contributed by atoms with Gasteiger partial charge in [0.2, 0.25) is 5.75 Å². The van der Waals surface area contributed by atoms with E-state index in [0.29, 0.717) is 5.56 Å². The first-order chi connectivity index (χ1) is 12.6. The van der Waals surface area contributed by atoms with Gasteiger partial charge >= 0.3 is 0 Å². The molecule has 2 N–H and O–H groups in total. The maximum absolute atomic E-state index is 12.5. The second kappa shape index (κ2) is 6.44. The first kappa shape index (κ1) is 16.6. The molecule has 1 fully saturated rings. The molecule has 0 aliphatic carbocycles. The number of benzene rings is 2. The summed E-state index contributed by atoms with van der Waals surface area (Å²) in [5.41, 5.74) is 1.24. The van der Waals surface area contributed by atoms with Crippen molar-refractivity contribution in [2.45, 2.75) is 19.3 Å². The summed E-state index contributed by atoms with van der Waals surface area (Å²) in [4.78, 5) is 14.8. The van der Waals surface area contributed by atoms with Crippen LogP contribution in [-0.2, 0) is 0 Å². The average molecular weight is 347 g/mol. The number of nitrogens with zero attached hydrogens (tertiary/aromatic N) is 1. The van der Waals surface area contributed by atoms with Crippen LogP contribution in [-0.4, -0.2) is 31.1 Å². The Morgan fingerprint density at radius 2 is 1.65 bits per heavy atom. The summed E-state index contributed by atoms with van der Waals surface area (Å²) in [5, 5.41) is 19.8. The molecule has 1 saturated heterocycles. The molecule has 3 aromatic rings. The Labute approximate surface area is 151 Å². The Balaban J connectivity index is 1.80. The van der Waals surface area contributed by atoms with E-state index in [1.165, 1.54) is 31.4 Å². The van der Waals surface area contributed by atoms with E-state index in [1.54, 1.807) is 0 Å². The molecule has 130 valence electrons. The molecule has 2 radical (unpaired) electrons. The standard InChI is InChI=1S/C20H18BNO4/c21-16-17(24)14-8-9-15(23)18(25)20(14)26-19(16)12-4-6-13(7-5-12)22-10-2-1-3-11-22/h4-9,23,25H,1-3,10-11H2. The zero-order chi connectivity index (χ0) is 18.3. The number of hydrogen-bond donors (Lipinski definition) is 2. The lowest BCUT2D eigenvalue weighted by atomic mass is 9.90. The fourth-order valence-corrected chi connectivity index (χ4v) is 3.44. The van der Waals surface area contributed by atoms with Crippen molar-refractivity contribution < 1.29 is 14.6 Å². The van der Waals surface area contributed by atoms with Crippen molar-refractivity contribution in [2.75, 3.05) is 18.0 Å². The van der Waals surface area contributed by atoms with Crippen LogP contribution in [0.5, 0.6) is 11.5 Å². The van der Waals surface area contributed by atoms with Gasteiger partial charge in [-0.1, -0.05) is 0 Å². The molecule has 0 amide bonds. The molecule has 26 heavy (non-hydrogen) atoms. The number of aromatic hydroxyl groups is 2. The maximum atomic E-state index is 12.5. The number of rotatable bonds is 2. The van der Waals surface area contributed by atoms with Crippen molar-refractivity contribution >= 4 is 30.0 Å². The number of hydrogen-bond acceptors (Lipinski definition) is 5. The average Bonchev–Trinajstić information content (AvgIpc) is 2.68. The first-order valence-corrected chi connectivity index (χ1v) is 8.69. The normalized spacial score (nSPS) is 14.7. The van der Waals surface area contributed by atoms with Gasteiger partial charge in [0.15, 0.2) is 16.8 Å². The molecule has 2 heterocycles. The summed E-state index contributed by atoms with van der Waals surface area (Å²) < 4.78 is 5.71. The number of piperidine rings is 1. The lowest BCUT2D eigenvalue weighted by molar-refractivity contribution is 0.400. The van der Waals surface area contributed by atoms with Crippen LogP contribution in [0.2, 0.25) is 0 Å². The van der Waals surface area contributed by atoms with Crippen molar-refractivity contribution in [3.63, 3.8) is 0 Å². The minimum absolute atomic E-state index is 0.0201. The molecule has 1 aliphatic heterocycles. The topological polar surface area (TPSA) is 73.9 Å². The lowest BCUT2D eigenvalue weighted by Crippen LogP contribution is -2.29. The van der Waals surface area contributed by atoms with Gasteiger partial charge in [0.05, 0.1) is 5.39 Å². The Kier molecular flexibility index (Phi) is 4.11. The molecule has 0 spiro atoms. The summed E-state index contributed by atoms with van der Waals surface area (Å²) in [6.45, 7) is 2.08. The fraction of sp³-hybridized carbons (Fsp3) is 0.250. The SMILES string of the molecule is [B]c1c(-c2ccc(N3CCCCC3)cc2)oc2c(O)c(O)ccc2c1=O. The van der Waals surface area contributed by atoms with E-state index in [0.717, 1.165) is 18.8 Å². The Morgan fingerprint density at radius 1 is 0.962 bits per heavy atom. The second-order valence-electron chi connectivity index (χ2n) is 6.58. The van der Waals surface area contributed by atoms with Crippen LogP contribution in [0.15, 0.2) is 45.6 Å². The van der Waals surface area contributed by atoms with Gasteiger partial charge in [0.1, 0.15) is 13.6 Å². The molecule has 0 atom stereocenters. The number of phenolic OH excluding ortho intramolecular Hbond substituents is 2. The van der Waals surface area contributed by atoms with E-state index in [2.05, 4.69) is 4.90 Å². The van der Waals surface area contributed by atoms with Crippen molar-refractivity contribution in [1.29, 1.82) is 0 Å². The van der Waals surface area contributed by atoms with E-state index >= 15 is 0 Å². The van der Waals surface area contributed by atoms with Crippen LogP contribution < -0.4 is 15.8 Å². The van der Waals surface area contributed by atoms with E-state index in [-0.39, 0.29) is 27.9 Å². The molecule has 4 rings (SSSR count). The number of phenols is 2. The van der Waals surface area contributed by atoms with E-state index < -0.39 is 11.2 Å². The summed E-state index contributed by atoms with van der Waals surface area (Å²) in [6.07, 6.45) is 3.65. The van der Waals surface area contributed by atoms with Gasteiger partial charge in [-0.15, -0.1) is 0 Å². The highest BCUT2D eigenvalue weighted by molar-refractivity contribution is 6.36. The van der Waals surface area contributed by atoms with Crippen LogP contribution in [0.1, 0.15) is 19.3 Å². The molecule has 0 saturated carbocycles. The van der Waals surface area contributed by atoms with E-state index in [9.17, 15) is 15.0 Å². The molecule has 0 bridgehead atoms. The van der Waals surface area contributed by atoms with Gasteiger partial charge in [0.25, 0.3) is 0 Å². The number of anilines is 1. The van der Waals surface area contributed by atoms with E-state index in [4.69, 9.17) is 12.3 Å². The smallest absolute Gasteiger partial charge is 0.201 e. The summed E-state index contributed by atoms with van der Waals surface area (Å²) in [6, 6.07) is 10.3. The minimum Gasteiger partial charge on any atom is -0.504 e. The fourth-order valence-electron chi connectivity index (χ4n) is 3.44. The van der Waals surface area contributed by atoms with Gasteiger partial charge < -0.3 is 19.5 Å². The zero-order valence-corrected chi connectivity index (χ0v) is 14.2. The van der Waals surface area contributed by atoms with E-state index in [1.807, 2.05) is 24.3 Å². The van der Waals surface area contributed by atoms with Gasteiger partial charge in [0, 0.05) is 24.3 Å². The van der Waals surface area contributed by atoms with Gasteiger partial charge in [-0.05, 0) is 61.1 Å². The van der Waals surface area contributed by atoms with Crippen LogP contribution in [0, 0.1) is 0 Å². The molecule has 1 aliphatic rings. The first-order valence-electron chi connectivity index (χ1n) is 8.69.